The number of amides is 2. The van der Waals surface area contributed by atoms with E-state index in [-0.39, 0.29) is 23.0 Å². The van der Waals surface area contributed by atoms with Crippen molar-refractivity contribution in [2.24, 2.45) is 0 Å². The molecule has 0 radical (unpaired) electrons. The smallest absolute Gasteiger partial charge is 0.264 e. The Kier molecular flexibility index (Phi) is 9.50. The van der Waals surface area contributed by atoms with Crippen molar-refractivity contribution in [1.29, 1.82) is 0 Å². The van der Waals surface area contributed by atoms with Crippen LogP contribution in [0, 0.1) is 12.7 Å². The first kappa shape index (κ1) is 29.8. The normalized spacial score (nSPS) is 12.5. The van der Waals surface area contributed by atoms with E-state index >= 15 is 0 Å². The van der Waals surface area contributed by atoms with Crippen molar-refractivity contribution in [3.8, 4) is 0 Å². The van der Waals surface area contributed by atoms with Gasteiger partial charge in [-0.3, -0.25) is 13.9 Å². The molecule has 3 aromatic carbocycles. The van der Waals surface area contributed by atoms with E-state index in [1.807, 2.05) is 58.0 Å². The molecule has 39 heavy (non-hydrogen) atoms. The number of benzene rings is 3. The first-order chi connectivity index (χ1) is 18.3. The summed E-state index contributed by atoms with van der Waals surface area (Å²) in [4.78, 5) is 28.2. The van der Waals surface area contributed by atoms with E-state index in [4.69, 9.17) is 0 Å². The van der Waals surface area contributed by atoms with Crippen molar-refractivity contribution < 1.29 is 22.4 Å². The Morgan fingerprint density at radius 2 is 1.51 bits per heavy atom. The summed E-state index contributed by atoms with van der Waals surface area (Å²) in [6, 6.07) is 19.9. The molecule has 1 N–H and O–H groups in total. The summed E-state index contributed by atoms with van der Waals surface area (Å²) in [6.07, 6.45) is 0.481. The molecule has 0 saturated carbocycles. The van der Waals surface area contributed by atoms with Gasteiger partial charge in [-0.1, -0.05) is 48.0 Å². The summed E-state index contributed by atoms with van der Waals surface area (Å²) in [5.74, 6) is -1.45. The summed E-state index contributed by atoms with van der Waals surface area (Å²) >= 11 is 0. The van der Waals surface area contributed by atoms with Crippen molar-refractivity contribution in [2.75, 3.05) is 17.4 Å². The number of rotatable bonds is 10. The van der Waals surface area contributed by atoms with Crippen LogP contribution in [-0.2, 0) is 26.0 Å². The van der Waals surface area contributed by atoms with Crippen molar-refractivity contribution in [3.63, 3.8) is 0 Å². The molecule has 1 atom stereocenters. The maximum atomic E-state index is 13.8. The van der Waals surface area contributed by atoms with Gasteiger partial charge in [-0.25, -0.2) is 12.8 Å². The average Bonchev–Trinajstić information content (AvgIpc) is 2.87. The minimum Gasteiger partial charge on any atom is -0.350 e. The number of anilines is 1. The van der Waals surface area contributed by atoms with Gasteiger partial charge in [0.15, 0.2) is 0 Å². The van der Waals surface area contributed by atoms with Crippen LogP contribution in [0.15, 0.2) is 83.8 Å². The fourth-order valence-corrected chi connectivity index (χ4v) is 5.43. The summed E-state index contributed by atoms with van der Waals surface area (Å²) in [5.41, 5.74) is 1.67. The van der Waals surface area contributed by atoms with Crippen molar-refractivity contribution in [2.45, 2.75) is 57.5 Å². The van der Waals surface area contributed by atoms with Crippen molar-refractivity contribution in [1.82, 2.24) is 10.2 Å². The SMILES string of the molecule is Cc1ccc(N(CC(=O)N(CCc2ccccc2)[C@H](C)C(=O)NC(C)(C)C)S(=O)(=O)c2ccc(F)cc2)cc1. The number of aryl methyl sites for hydroxylation is 1. The lowest BCUT2D eigenvalue weighted by Crippen LogP contribution is -2.55. The lowest BCUT2D eigenvalue weighted by Gasteiger charge is -2.33. The molecule has 0 aliphatic carbocycles. The molecule has 0 aromatic heterocycles. The highest BCUT2D eigenvalue weighted by molar-refractivity contribution is 7.92. The largest absolute Gasteiger partial charge is 0.350 e. The van der Waals surface area contributed by atoms with Crippen LogP contribution >= 0.6 is 0 Å². The van der Waals surface area contributed by atoms with E-state index in [1.54, 1.807) is 31.2 Å². The average molecular weight is 554 g/mol. The first-order valence-corrected chi connectivity index (χ1v) is 14.2. The van der Waals surface area contributed by atoms with Gasteiger partial charge < -0.3 is 10.2 Å². The van der Waals surface area contributed by atoms with Gasteiger partial charge in [-0.15, -0.1) is 0 Å². The van der Waals surface area contributed by atoms with Crippen LogP contribution in [0.25, 0.3) is 0 Å². The van der Waals surface area contributed by atoms with Gasteiger partial charge in [0.05, 0.1) is 10.6 Å². The third-order valence-corrected chi connectivity index (χ3v) is 7.94. The molecule has 0 heterocycles. The van der Waals surface area contributed by atoms with Gasteiger partial charge in [0.25, 0.3) is 10.0 Å². The Morgan fingerprint density at radius 1 is 0.923 bits per heavy atom. The van der Waals surface area contributed by atoms with Crippen molar-refractivity contribution in [3.05, 3.63) is 95.8 Å². The highest BCUT2D eigenvalue weighted by Gasteiger charge is 2.33. The zero-order valence-electron chi connectivity index (χ0n) is 23.0. The van der Waals surface area contributed by atoms with Crippen LogP contribution in [-0.4, -0.2) is 49.8 Å². The molecule has 0 saturated heterocycles. The second kappa shape index (κ2) is 12.4. The monoisotopic (exact) mass is 553 g/mol. The Bertz CT molecular complexity index is 1370. The Hall–Kier alpha value is -3.72. The van der Waals surface area contributed by atoms with Crippen molar-refractivity contribution >= 4 is 27.5 Å². The topological polar surface area (TPSA) is 86.8 Å². The van der Waals surface area contributed by atoms with Gasteiger partial charge in [0, 0.05) is 12.1 Å². The number of hydrogen-bond acceptors (Lipinski definition) is 4. The van der Waals surface area contributed by atoms with E-state index in [9.17, 15) is 22.4 Å². The Labute approximate surface area is 230 Å². The number of hydrogen-bond donors (Lipinski definition) is 1. The second-order valence-electron chi connectivity index (χ2n) is 10.5. The number of nitrogens with one attached hydrogen (secondary N) is 1. The molecule has 2 amide bonds. The third kappa shape index (κ3) is 8.13. The summed E-state index contributed by atoms with van der Waals surface area (Å²) < 4.78 is 42.0. The standard InChI is InChI=1S/C30H36FN3O4S/c1-22-11-15-26(16-12-22)34(39(37,38)27-17-13-25(31)14-18-27)21-28(35)33(20-19-24-9-7-6-8-10-24)23(2)29(36)32-30(3,4)5/h6-18,23H,19-21H2,1-5H3,(H,32,36)/t23-/m1/s1. The second-order valence-corrected chi connectivity index (χ2v) is 12.4. The van der Waals surface area contributed by atoms with Crippen LogP contribution in [0.2, 0.25) is 0 Å². The first-order valence-electron chi connectivity index (χ1n) is 12.8. The molecule has 0 spiro atoms. The molecule has 3 aromatic rings. The van der Waals surface area contributed by atoms with E-state index in [1.165, 1.54) is 17.0 Å². The minimum absolute atomic E-state index is 0.147. The molecular weight excluding hydrogens is 517 g/mol. The molecule has 0 bridgehead atoms. The maximum absolute atomic E-state index is 13.8. The predicted octanol–water partition coefficient (Wildman–Crippen LogP) is 4.70. The summed E-state index contributed by atoms with van der Waals surface area (Å²) in [6.45, 7) is 8.72. The fourth-order valence-electron chi connectivity index (χ4n) is 4.02. The van der Waals surface area contributed by atoms with E-state index in [0.29, 0.717) is 6.42 Å². The predicted molar refractivity (Wildman–Crippen MR) is 151 cm³/mol. The Morgan fingerprint density at radius 3 is 2.08 bits per heavy atom. The number of nitrogens with zero attached hydrogens (tertiary/aromatic N) is 2. The van der Waals surface area contributed by atoms with Crippen LogP contribution < -0.4 is 9.62 Å². The molecular formula is C30H36FN3O4S. The minimum atomic E-state index is -4.24. The number of carbonyl (C=O) groups excluding carboxylic acids is 2. The zero-order chi connectivity index (χ0) is 28.8. The zero-order valence-corrected chi connectivity index (χ0v) is 23.8. The van der Waals surface area contributed by atoms with Gasteiger partial charge in [-0.2, -0.15) is 0 Å². The van der Waals surface area contributed by atoms with Gasteiger partial charge in [0.2, 0.25) is 11.8 Å². The molecule has 9 heteroatoms. The molecule has 0 aliphatic rings. The molecule has 7 nitrogen and oxygen atoms in total. The van der Waals surface area contributed by atoms with Gasteiger partial charge in [-0.05, 0) is 83.0 Å². The molecule has 0 aliphatic heterocycles. The molecule has 0 unspecified atom stereocenters. The molecule has 208 valence electrons. The highest BCUT2D eigenvalue weighted by atomic mass is 32.2. The summed E-state index contributed by atoms with van der Waals surface area (Å²) in [5, 5.41) is 2.90. The van der Waals surface area contributed by atoms with Crippen LogP contribution in [0.4, 0.5) is 10.1 Å². The van der Waals surface area contributed by atoms with Gasteiger partial charge in [0.1, 0.15) is 18.4 Å². The fraction of sp³-hybridized carbons (Fsp3) is 0.333. The quantitative estimate of drug-likeness (QED) is 0.394. The van der Waals surface area contributed by atoms with Crippen LogP contribution in [0.3, 0.4) is 0 Å². The van der Waals surface area contributed by atoms with E-state index in [0.717, 1.165) is 27.6 Å². The van der Waals surface area contributed by atoms with Crippen LogP contribution in [0.5, 0.6) is 0 Å². The summed E-state index contributed by atoms with van der Waals surface area (Å²) in [7, 11) is -4.24. The van der Waals surface area contributed by atoms with Crippen LogP contribution in [0.1, 0.15) is 38.8 Å². The maximum Gasteiger partial charge on any atom is 0.264 e. The third-order valence-electron chi connectivity index (χ3n) is 6.15. The molecule has 0 fully saturated rings. The number of sulfonamides is 1. The van der Waals surface area contributed by atoms with Gasteiger partial charge >= 0.3 is 0 Å². The number of halogens is 1. The lowest BCUT2D eigenvalue weighted by atomic mass is 10.1. The lowest BCUT2D eigenvalue weighted by molar-refractivity contribution is -0.139. The van der Waals surface area contributed by atoms with E-state index in [2.05, 4.69) is 5.32 Å². The highest BCUT2D eigenvalue weighted by Crippen LogP contribution is 2.25. The molecule has 3 rings (SSSR count). The Balaban J connectivity index is 1.98. The number of carbonyl (C=O) groups is 2. The van der Waals surface area contributed by atoms with E-state index < -0.39 is 39.9 Å².